The number of piperazine rings is 1. The van der Waals surface area contributed by atoms with Crippen molar-refractivity contribution in [3.8, 4) is 28.6 Å². The molecule has 0 bridgehead atoms. The number of piperidine rings is 1. The molecule has 3 N–H and O–H groups in total. The van der Waals surface area contributed by atoms with Crippen molar-refractivity contribution in [3.63, 3.8) is 0 Å². The second kappa shape index (κ2) is 16.6. The van der Waals surface area contributed by atoms with E-state index in [1.807, 2.05) is 30.9 Å². The number of hydrogen-bond donors (Lipinski definition) is 3. The minimum absolute atomic E-state index is 0.00526. The van der Waals surface area contributed by atoms with Crippen molar-refractivity contribution in [3.05, 3.63) is 53.3 Å². The fraction of sp³-hybridized carbons (Fsp3) is 0.568. The van der Waals surface area contributed by atoms with Gasteiger partial charge in [-0.15, -0.1) is 10.2 Å². The normalized spacial score (nSPS) is 16.5. The summed E-state index contributed by atoms with van der Waals surface area (Å²) in [5.41, 5.74) is 2.93. The number of phenolic OH excluding ortho intramolecular Hbond substituents is 2. The largest absolute Gasteiger partial charge is 0.508 e. The van der Waals surface area contributed by atoms with E-state index < -0.39 is 0 Å². The molecule has 0 radical (unpaired) electrons. The topological polar surface area (TPSA) is 130 Å². The third kappa shape index (κ3) is 8.97. The molecule has 2 aliphatic heterocycles. The zero-order valence-electron chi connectivity index (χ0n) is 29.9. The van der Waals surface area contributed by atoms with Crippen LogP contribution in [0.4, 0.5) is 0 Å². The van der Waals surface area contributed by atoms with E-state index in [2.05, 4.69) is 56.2 Å². The fourth-order valence-corrected chi connectivity index (χ4v) is 6.97. The fourth-order valence-electron chi connectivity index (χ4n) is 6.97. The maximum absolute atomic E-state index is 13.5. The average molecular weight is 675 g/mol. The van der Waals surface area contributed by atoms with E-state index in [0.29, 0.717) is 35.1 Å². The molecule has 49 heavy (non-hydrogen) atoms. The van der Waals surface area contributed by atoms with Crippen molar-refractivity contribution >= 4 is 11.8 Å². The van der Waals surface area contributed by atoms with Crippen molar-refractivity contribution in [2.45, 2.75) is 59.9 Å². The molecule has 0 unspecified atom stereocenters. The molecule has 5 rings (SSSR count). The third-order valence-corrected chi connectivity index (χ3v) is 10.1. The smallest absolute Gasteiger partial charge is 0.289 e. The molecule has 2 amide bonds. The Bertz CT molecular complexity index is 1550. The molecule has 2 aliphatic rings. The Hall–Kier alpha value is -4.00. The maximum Gasteiger partial charge on any atom is 0.289 e. The summed E-state index contributed by atoms with van der Waals surface area (Å²) in [6, 6.07) is 11.1. The van der Waals surface area contributed by atoms with Gasteiger partial charge in [0.15, 0.2) is 5.82 Å². The number of amides is 2. The zero-order valence-corrected chi connectivity index (χ0v) is 29.9. The molecule has 12 nitrogen and oxygen atoms in total. The summed E-state index contributed by atoms with van der Waals surface area (Å²) >= 11 is 0. The Balaban J connectivity index is 1.29. The van der Waals surface area contributed by atoms with Crippen LogP contribution in [0.1, 0.15) is 75.1 Å². The second-order valence-electron chi connectivity index (χ2n) is 13.7. The summed E-state index contributed by atoms with van der Waals surface area (Å²) in [5, 5.41) is 33.1. The Morgan fingerprint density at radius 1 is 0.918 bits per heavy atom. The van der Waals surface area contributed by atoms with Crippen molar-refractivity contribution in [2.24, 2.45) is 5.92 Å². The van der Waals surface area contributed by atoms with Gasteiger partial charge in [0.2, 0.25) is 11.7 Å². The maximum atomic E-state index is 13.5. The van der Waals surface area contributed by atoms with Crippen LogP contribution in [0.25, 0.3) is 17.1 Å². The van der Waals surface area contributed by atoms with Gasteiger partial charge >= 0.3 is 0 Å². The lowest BCUT2D eigenvalue weighted by Crippen LogP contribution is -2.48. The number of nitrogens with one attached hydrogen (secondary N) is 1. The average Bonchev–Trinajstić information content (AvgIpc) is 3.53. The molecule has 0 atom stereocenters. The Labute approximate surface area is 290 Å². The molecule has 2 fully saturated rings. The lowest BCUT2D eigenvalue weighted by Gasteiger charge is -2.38. The van der Waals surface area contributed by atoms with Crippen molar-refractivity contribution in [1.82, 2.24) is 39.7 Å². The summed E-state index contributed by atoms with van der Waals surface area (Å²) in [4.78, 5) is 34.4. The van der Waals surface area contributed by atoms with Gasteiger partial charge in [-0.1, -0.05) is 39.8 Å². The van der Waals surface area contributed by atoms with Crippen LogP contribution in [0.5, 0.6) is 11.5 Å². The van der Waals surface area contributed by atoms with Crippen molar-refractivity contribution < 1.29 is 19.8 Å². The summed E-state index contributed by atoms with van der Waals surface area (Å²) in [5.74, 6) is 0.829. The molecule has 3 aromatic rings. The predicted octanol–water partition coefficient (Wildman–Crippen LogP) is 3.92. The highest BCUT2D eigenvalue weighted by Crippen LogP contribution is 2.38. The molecule has 2 aromatic carbocycles. The van der Waals surface area contributed by atoms with Crippen molar-refractivity contribution in [2.75, 3.05) is 72.0 Å². The number of likely N-dealkylation sites (N-methyl/N-ethyl adjacent to an activating group) is 1. The molecule has 12 heteroatoms. The first-order valence-corrected chi connectivity index (χ1v) is 17.9. The van der Waals surface area contributed by atoms with Crippen molar-refractivity contribution in [1.29, 1.82) is 0 Å². The van der Waals surface area contributed by atoms with Crippen LogP contribution in [-0.2, 0) is 11.3 Å². The monoisotopic (exact) mass is 674 g/mol. The van der Waals surface area contributed by atoms with Gasteiger partial charge in [-0.25, -0.2) is 0 Å². The number of hydrogen-bond acceptors (Lipinski definition) is 9. The van der Waals surface area contributed by atoms with Gasteiger partial charge in [0, 0.05) is 84.1 Å². The number of likely N-dealkylation sites (tertiary alicyclic amines) is 1. The quantitative estimate of drug-likeness (QED) is 0.247. The molecule has 0 saturated carbocycles. The molecule has 3 heterocycles. The Morgan fingerprint density at radius 2 is 1.57 bits per heavy atom. The second-order valence-corrected chi connectivity index (χ2v) is 13.7. The zero-order chi connectivity index (χ0) is 35.1. The van der Waals surface area contributed by atoms with Crippen LogP contribution in [0.3, 0.4) is 0 Å². The number of aromatic nitrogens is 3. The molecule has 0 aliphatic carbocycles. The highest BCUT2D eigenvalue weighted by molar-refractivity contribution is 5.92. The number of carbonyl (C=O) groups excluding carboxylic acids is 2. The number of phenols is 2. The number of carbonyl (C=O) groups is 2. The first-order chi connectivity index (χ1) is 23.6. The Kier molecular flexibility index (Phi) is 12.3. The van der Waals surface area contributed by atoms with Gasteiger partial charge in [0.25, 0.3) is 5.91 Å². The van der Waals surface area contributed by atoms with Crippen LogP contribution < -0.4 is 5.32 Å². The minimum Gasteiger partial charge on any atom is -0.508 e. The highest BCUT2D eigenvalue weighted by atomic mass is 16.3. The van der Waals surface area contributed by atoms with Crippen LogP contribution in [0, 0.1) is 5.92 Å². The SMILES string of the molecule is CCN(CC)CCNC(=O)c1nnc(-c2cc(C(C)C)c(O)cc2O)n1-c1ccc(CN2CCN(CC3CCN(C(C)=O)CC3)CC2)cc1. The molecule has 2 saturated heterocycles. The van der Waals surface area contributed by atoms with Gasteiger partial charge in [-0.05, 0) is 67.1 Å². The number of aromatic hydroxyl groups is 2. The van der Waals surface area contributed by atoms with Crippen LogP contribution in [-0.4, -0.2) is 128 Å². The van der Waals surface area contributed by atoms with Gasteiger partial charge in [0.05, 0.1) is 5.56 Å². The highest BCUT2D eigenvalue weighted by Gasteiger charge is 2.26. The van der Waals surface area contributed by atoms with Gasteiger partial charge in [-0.3, -0.25) is 19.1 Å². The molecule has 0 spiro atoms. The van der Waals surface area contributed by atoms with Gasteiger partial charge in [-0.2, -0.15) is 0 Å². The first kappa shape index (κ1) is 36.3. The van der Waals surface area contributed by atoms with E-state index in [1.165, 1.54) is 11.6 Å². The predicted molar refractivity (Wildman–Crippen MR) is 191 cm³/mol. The third-order valence-electron chi connectivity index (χ3n) is 10.1. The van der Waals surface area contributed by atoms with Crippen LogP contribution in [0.15, 0.2) is 36.4 Å². The standard InChI is InChI=1S/C37H54N8O4/c1-6-41(7-2)17-14-38-37(49)36-40-39-35(32-22-31(26(3)4)33(47)23-34(32)48)45(36)30-10-8-28(9-11-30)24-42-18-20-43(21-19-42)25-29-12-15-44(16-13-29)27(5)46/h8-11,22-23,26,29,47-48H,6-7,12-21,24-25H2,1-5H3,(H,38,49). The van der Waals surface area contributed by atoms with E-state index in [-0.39, 0.29) is 35.1 Å². The summed E-state index contributed by atoms with van der Waals surface area (Å²) in [6.45, 7) is 20.5. The lowest BCUT2D eigenvalue weighted by atomic mass is 9.96. The summed E-state index contributed by atoms with van der Waals surface area (Å²) < 4.78 is 1.69. The van der Waals surface area contributed by atoms with E-state index in [0.717, 1.165) is 84.8 Å². The summed E-state index contributed by atoms with van der Waals surface area (Å²) in [7, 11) is 0. The van der Waals surface area contributed by atoms with Gasteiger partial charge in [0.1, 0.15) is 11.5 Å². The molecular formula is C37H54N8O4. The van der Waals surface area contributed by atoms with E-state index in [4.69, 9.17) is 0 Å². The van der Waals surface area contributed by atoms with E-state index in [1.54, 1.807) is 17.6 Å². The van der Waals surface area contributed by atoms with Crippen LogP contribution >= 0.6 is 0 Å². The van der Waals surface area contributed by atoms with E-state index >= 15 is 0 Å². The molecule has 1 aromatic heterocycles. The summed E-state index contributed by atoms with van der Waals surface area (Å²) in [6.07, 6.45) is 2.18. The lowest BCUT2D eigenvalue weighted by molar-refractivity contribution is -0.130. The number of nitrogens with zero attached hydrogens (tertiary/aromatic N) is 7. The number of benzene rings is 2. The first-order valence-electron chi connectivity index (χ1n) is 17.9. The molecular weight excluding hydrogens is 620 g/mol. The number of rotatable bonds is 13. The Morgan fingerprint density at radius 3 is 2.18 bits per heavy atom. The van der Waals surface area contributed by atoms with Crippen LogP contribution in [0.2, 0.25) is 0 Å². The molecule has 266 valence electrons. The minimum atomic E-state index is -0.348. The van der Waals surface area contributed by atoms with Gasteiger partial charge < -0.3 is 30.2 Å². The van der Waals surface area contributed by atoms with E-state index in [9.17, 15) is 19.8 Å².